The number of halogens is 1. The highest BCUT2D eigenvalue weighted by Crippen LogP contribution is 2.02. The van der Waals surface area contributed by atoms with E-state index in [9.17, 15) is 9.18 Å². The van der Waals surface area contributed by atoms with Crippen molar-refractivity contribution in [1.82, 2.24) is 10.6 Å². The Morgan fingerprint density at radius 2 is 2.00 bits per heavy atom. The molecule has 4 nitrogen and oxygen atoms in total. The van der Waals surface area contributed by atoms with Gasteiger partial charge in [0.05, 0.1) is 0 Å². The molecular formula is C11H15FN2O2. The van der Waals surface area contributed by atoms with E-state index < -0.39 is 0 Å². The lowest BCUT2D eigenvalue weighted by Crippen LogP contribution is -2.37. The summed E-state index contributed by atoms with van der Waals surface area (Å²) < 4.78 is 17.3. The van der Waals surface area contributed by atoms with Crippen molar-refractivity contribution in [2.24, 2.45) is 0 Å². The van der Waals surface area contributed by atoms with Crippen LogP contribution in [0.1, 0.15) is 5.56 Å². The third-order valence-electron chi connectivity index (χ3n) is 1.99. The van der Waals surface area contributed by atoms with Gasteiger partial charge in [-0.1, -0.05) is 12.1 Å². The van der Waals surface area contributed by atoms with Gasteiger partial charge in [0.25, 0.3) is 0 Å². The summed E-state index contributed by atoms with van der Waals surface area (Å²) in [5, 5.41) is 5.15. The van der Waals surface area contributed by atoms with E-state index in [0.29, 0.717) is 13.0 Å². The second-order valence-electron chi connectivity index (χ2n) is 3.24. The van der Waals surface area contributed by atoms with Gasteiger partial charge in [-0.25, -0.2) is 9.18 Å². The highest BCUT2D eigenvalue weighted by molar-refractivity contribution is 5.73. The molecule has 0 aliphatic rings. The van der Waals surface area contributed by atoms with Crippen molar-refractivity contribution in [3.8, 4) is 0 Å². The summed E-state index contributed by atoms with van der Waals surface area (Å²) in [5.74, 6) is -0.255. The Labute approximate surface area is 93.8 Å². The van der Waals surface area contributed by atoms with Crippen LogP contribution in [-0.4, -0.2) is 26.4 Å². The Balaban J connectivity index is 2.20. The summed E-state index contributed by atoms with van der Waals surface area (Å²) in [6.07, 6.45) is 0.667. The van der Waals surface area contributed by atoms with E-state index in [1.165, 1.54) is 19.2 Å². The van der Waals surface area contributed by atoms with Crippen LogP contribution in [0.15, 0.2) is 24.3 Å². The van der Waals surface area contributed by atoms with Crippen LogP contribution in [0.5, 0.6) is 0 Å². The fourth-order valence-electron chi connectivity index (χ4n) is 1.17. The number of methoxy groups -OCH3 is 1. The van der Waals surface area contributed by atoms with Crippen LogP contribution in [0.3, 0.4) is 0 Å². The summed E-state index contributed by atoms with van der Waals surface area (Å²) in [4.78, 5) is 11.1. The molecule has 0 fully saturated rings. The third-order valence-corrected chi connectivity index (χ3v) is 1.99. The zero-order valence-electron chi connectivity index (χ0n) is 9.13. The summed E-state index contributed by atoms with van der Waals surface area (Å²) in [7, 11) is 1.50. The molecule has 5 heteroatoms. The molecule has 0 atom stereocenters. The van der Waals surface area contributed by atoms with Gasteiger partial charge >= 0.3 is 6.03 Å². The summed E-state index contributed by atoms with van der Waals surface area (Å²) >= 11 is 0. The second kappa shape index (κ2) is 6.79. The number of hydrogen-bond acceptors (Lipinski definition) is 2. The van der Waals surface area contributed by atoms with Gasteiger partial charge in [-0.3, -0.25) is 0 Å². The Kier molecular flexibility index (Phi) is 5.28. The molecular weight excluding hydrogens is 211 g/mol. The fourth-order valence-corrected chi connectivity index (χ4v) is 1.17. The Bertz CT molecular complexity index is 327. The molecule has 2 N–H and O–H groups in total. The molecule has 0 aliphatic carbocycles. The van der Waals surface area contributed by atoms with Gasteiger partial charge in [0.1, 0.15) is 12.5 Å². The van der Waals surface area contributed by atoms with E-state index in [2.05, 4.69) is 15.4 Å². The van der Waals surface area contributed by atoms with Crippen LogP contribution in [0.2, 0.25) is 0 Å². The van der Waals surface area contributed by atoms with Gasteiger partial charge in [-0.05, 0) is 24.1 Å². The highest BCUT2D eigenvalue weighted by Gasteiger charge is 1.98. The van der Waals surface area contributed by atoms with Crippen molar-refractivity contribution in [2.45, 2.75) is 6.42 Å². The van der Waals surface area contributed by atoms with Crippen molar-refractivity contribution >= 4 is 6.03 Å². The number of carbonyl (C=O) groups is 1. The van der Waals surface area contributed by atoms with Crippen molar-refractivity contribution < 1.29 is 13.9 Å². The van der Waals surface area contributed by atoms with Crippen LogP contribution in [-0.2, 0) is 11.2 Å². The number of amides is 2. The molecule has 16 heavy (non-hydrogen) atoms. The zero-order chi connectivity index (χ0) is 11.8. The molecule has 0 heterocycles. The summed E-state index contributed by atoms with van der Waals surface area (Å²) in [6, 6.07) is 5.93. The van der Waals surface area contributed by atoms with Crippen molar-refractivity contribution in [1.29, 1.82) is 0 Å². The molecule has 1 rings (SSSR count). The van der Waals surface area contributed by atoms with Crippen molar-refractivity contribution in [3.63, 3.8) is 0 Å². The average Bonchev–Trinajstić information content (AvgIpc) is 2.29. The Morgan fingerprint density at radius 1 is 1.31 bits per heavy atom. The predicted molar refractivity (Wildman–Crippen MR) is 58.5 cm³/mol. The van der Waals surface area contributed by atoms with Crippen molar-refractivity contribution in [3.05, 3.63) is 35.6 Å². The summed E-state index contributed by atoms with van der Waals surface area (Å²) in [5.41, 5.74) is 0.980. The summed E-state index contributed by atoms with van der Waals surface area (Å²) in [6.45, 7) is 0.684. The number of urea groups is 1. The number of rotatable bonds is 5. The molecule has 88 valence electrons. The first kappa shape index (κ1) is 12.4. The van der Waals surface area contributed by atoms with Gasteiger partial charge in [0.2, 0.25) is 0 Å². The second-order valence-corrected chi connectivity index (χ2v) is 3.24. The maximum Gasteiger partial charge on any atom is 0.316 e. The SMILES string of the molecule is COCNC(=O)NCCc1ccc(F)cc1. The number of benzene rings is 1. The molecule has 0 saturated carbocycles. The molecule has 0 aliphatic heterocycles. The smallest absolute Gasteiger partial charge is 0.316 e. The number of ether oxygens (including phenoxy) is 1. The molecule has 0 saturated heterocycles. The van der Waals surface area contributed by atoms with Crippen molar-refractivity contribution in [2.75, 3.05) is 20.4 Å². The van der Waals surface area contributed by atoms with Gasteiger partial charge in [-0.2, -0.15) is 0 Å². The molecule has 0 unspecified atom stereocenters. The van der Waals surface area contributed by atoms with Gasteiger partial charge in [0.15, 0.2) is 0 Å². The monoisotopic (exact) mass is 226 g/mol. The van der Waals surface area contributed by atoms with Crippen LogP contribution < -0.4 is 10.6 Å². The normalized spacial score (nSPS) is 9.88. The standard InChI is InChI=1S/C11H15FN2O2/c1-16-8-14-11(15)13-7-6-9-2-4-10(12)5-3-9/h2-5H,6-8H2,1H3,(H2,13,14,15). The van der Waals surface area contributed by atoms with E-state index in [1.54, 1.807) is 12.1 Å². The van der Waals surface area contributed by atoms with Crippen LogP contribution in [0.25, 0.3) is 0 Å². The maximum atomic E-state index is 12.6. The molecule has 1 aromatic carbocycles. The maximum absolute atomic E-state index is 12.6. The Morgan fingerprint density at radius 3 is 2.62 bits per heavy atom. The molecule has 2 amide bonds. The number of hydrogen-bond donors (Lipinski definition) is 2. The highest BCUT2D eigenvalue weighted by atomic mass is 19.1. The van der Waals surface area contributed by atoms with Gasteiger partial charge in [-0.15, -0.1) is 0 Å². The minimum atomic E-state index is -0.274. The van der Waals surface area contributed by atoms with E-state index in [0.717, 1.165) is 5.56 Å². The van der Waals surface area contributed by atoms with Gasteiger partial charge < -0.3 is 15.4 Å². The topological polar surface area (TPSA) is 50.4 Å². The van der Waals surface area contributed by atoms with Crippen LogP contribution in [0.4, 0.5) is 9.18 Å². The van der Waals surface area contributed by atoms with Crippen LogP contribution in [0, 0.1) is 5.82 Å². The first-order valence-electron chi connectivity index (χ1n) is 4.97. The number of nitrogens with one attached hydrogen (secondary N) is 2. The van der Waals surface area contributed by atoms with E-state index >= 15 is 0 Å². The fraction of sp³-hybridized carbons (Fsp3) is 0.364. The minimum Gasteiger partial charge on any atom is -0.364 e. The predicted octanol–water partition coefficient (Wildman–Crippen LogP) is 1.27. The van der Waals surface area contributed by atoms with E-state index in [-0.39, 0.29) is 18.6 Å². The van der Waals surface area contributed by atoms with Crippen LogP contribution >= 0.6 is 0 Å². The average molecular weight is 226 g/mol. The molecule has 0 radical (unpaired) electrons. The zero-order valence-corrected chi connectivity index (χ0v) is 9.13. The largest absolute Gasteiger partial charge is 0.364 e. The molecule has 1 aromatic rings. The first-order valence-corrected chi connectivity index (χ1v) is 4.97. The third kappa shape index (κ3) is 4.75. The van der Waals surface area contributed by atoms with E-state index in [1.807, 2.05) is 0 Å². The number of carbonyl (C=O) groups excluding carboxylic acids is 1. The molecule has 0 bridgehead atoms. The lowest BCUT2D eigenvalue weighted by atomic mass is 10.1. The van der Waals surface area contributed by atoms with E-state index in [4.69, 9.17) is 0 Å². The minimum absolute atomic E-state index is 0.183. The Hall–Kier alpha value is -1.62. The lowest BCUT2D eigenvalue weighted by Gasteiger charge is -2.06. The molecule has 0 aromatic heterocycles. The quantitative estimate of drug-likeness (QED) is 0.743. The molecule has 0 spiro atoms. The van der Waals surface area contributed by atoms with Gasteiger partial charge in [0, 0.05) is 13.7 Å². The first-order chi connectivity index (χ1) is 7.72. The lowest BCUT2D eigenvalue weighted by molar-refractivity contribution is 0.172.